The first kappa shape index (κ1) is 12.3. The van der Waals surface area contributed by atoms with E-state index in [-0.39, 0.29) is 11.9 Å². The summed E-state index contributed by atoms with van der Waals surface area (Å²) in [5, 5.41) is 6.21. The number of nitrogens with zero attached hydrogens (tertiary/aromatic N) is 2. The van der Waals surface area contributed by atoms with Gasteiger partial charge in [0, 0.05) is 5.69 Å². The third kappa shape index (κ3) is 2.73. The van der Waals surface area contributed by atoms with Gasteiger partial charge in [-0.05, 0) is 39.3 Å². The smallest absolute Gasteiger partial charge is 0.246 e. The van der Waals surface area contributed by atoms with Gasteiger partial charge in [-0.3, -0.25) is 10.1 Å². The molecule has 0 saturated carbocycles. The average molecular weight is 255 g/mol. The summed E-state index contributed by atoms with van der Waals surface area (Å²) >= 11 is 5.81. The maximum absolute atomic E-state index is 12.1. The molecule has 1 aliphatic heterocycles. The number of hydrogen-bond acceptors (Lipinski definition) is 4. The van der Waals surface area contributed by atoms with Crippen molar-refractivity contribution in [2.75, 3.05) is 11.9 Å². The highest BCUT2D eigenvalue weighted by molar-refractivity contribution is 6.29. The summed E-state index contributed by atoms with van der Waals surface area (Å²) in [7, 11) is 0. The molecule has 0 aliphatic carbocycles. The molecule has 1 saturated heterocycles. The van der Waals surface area contributed by atoms with E-state index in [1.807, 2.05) is 6.92 Å². The number of amides is 1. The molecule has 17 heavy (non-hydrogen) atoms. The Bertz CT molecular complexity index is 423. The predicted molar refractivity (Wildman–Crippen MR) is 66.1 cm³/mol. The Kier molecular flexibility index (Phi) is 3.31. The normalized spacial score (nSPS) is 23.7. The molecule has 5 nitrogen and oxygen atoms in total. The molecule has 92 valence electrons. The number of aryl methyl sites for hydroxylation is 1. The molecule has 2 N–H and O–H groups in total. The van der Waals surface area contributed by atoms with Crippen LogP contribution < -0.4 is 10.6 Å². The van der Waals surface area contributed by atoms with Crippen LogP contribution in [0.1, 0.15) is 25.5 Å². The van der Waals surface area contributed by atoms with Crippen LogP contribution >= 0.6 is 11.6 Å². The second-order valence-corrected chi connectivity index (χ2v) is 4.86. The number of nitrogens with one attached hydrogen (secondary N) is 2. The highest BCUT2D eigenvalue weighted by Crippen LogP contribution is 2.20. The van der Waals surface area contributed by atoms with Crippen molar-refractivity contribution in [1.82, 2.24) is 15.3 Å². The summed E-state index contributed by atoms with van der Waals surface area (Å²) in [6.07, 6.45) is 1.82. The molecule has 1 amide bonds. The quantitative estimate of drug-likeness (QED) is 0.786. The highest BCUT2D eigenvalue weighted by Gasteiger charge is 2.36. The topological polar surface area (TPSA) is 66.9 Å². The van der Waals surface area contributed by atoms with Gasteiger partial charge in [-0.2, -0.15) is 0 Å². The van der Waals surface area contributed by atoms with E-state index < -0.39 is 5.54 Å². The summed E-state index contributed by atoms with van der Waals surface area (Å²) in [6.45, 7) is 4.55. The fourth-order valence-corrected chi connectivity index (χ4v) is 2.15. The van der Waals surface area contributed by atoms with Crippen molar-refractivity contribution in [1.29, 1.82) is 0 Å². The monoisotopic (exact) mass is 254 g/mol. The lowest BCUT2D eigenvalue weighted by Crippen LogP contribution is -2.48. The van der Waals surface area contributed by atoms with E-state index >= 15 is 0 Å². The highest BCUT2D eigenvalue weighted by atomic mass is 35.5. The predicted octanol–water partition coefficient (Wildman–Crippen LogP) is 1.52. The molecule has 1 unspecified atom stereocenters. The second kappa shape index (κ2) is 4.58. The zero-order valence-electron chi connectivity index (χ0n) is 9.88. The lowest BCUT2D eigenvalue weighted by atomic mass is 9.99. The standard InChI is InChI=1S/C11H15ClN4O/c1-7-6-8(12)15-10(14-7)16-9(17)11(2)4-3-5-13-11/h6,13H,3-5H2,1-2H3,(H,14,15,16,17). The van der Waals surface area contributed by atoms with Crippen molar-refractivity contribution in [3.05, 3.63) is 16.9 Å². The van der Waals surface area contributed by atoms with Crippen LogP contribution in [0, 0.1) is 6.92 Å². The summed E-state index contributed by atoms with van der Waals surface area (Å²) in [5.74, 6) is 0.145. The van der Waals surface area contributed by atoms with E-state index in [4.69, 9.17) is 11.6 Å². The first-order chi connectivity index (χ1) is 7.99. The summed E-state index contributed by atoms with van der Waals surface area (Å²) < 4.78 is 0. The number of hydrogen-bond donors (Lipinski definition) is 2. The van der Waals surface area contributed by atoms with Crippen LogP contribution in [0.5, 0.6) is 0 Å². The van der Waals surface area contributed by atoms with Gasteiger partial charge in [0.2, 0.25) is 11.9 Å². The first-order valence-corrected chi connectivity index (χ1v) is 5.95. The molecule has 6 heteroatoms. The zero-order chi connectivity index (χ0) is 12.5. The fourth-order valence-electron chi connectivity index (χ4n) is 1.91. The van der Waals surface area contributed by atoms with Gasteiger partial charge >= 0.3 is 0 Å². The SMILES string of the molecule is Cc1cc(Cl)nc(NC(=O)C2(C)CCCN2)n1. The third-order valence-electron chi connectivity index (χ3n) is 2.92. The molecule has 1 fully saturated rings. The number of rotatable bonds is 2. The Morgan fingerprint density at radius 2 is 2.35 bits per heavy atom. The molecule has 1 aromatic heterocycles. The Morgan fingerprint density at radius 1 is 1.59 bits per heavy atom. The van der Waals surface area contributed by atoms with E-state index in [1.165, 1.54) is 0 Å². The Morgan fingerprint density at radius 3 is 2.94 bits per heavy atom. The largest absolute Gasteiger partial charge is 0.304 e. The molecule has 0 bridgehead atoms. The molecule has 2 heterocycles. The van der Waals surface area contributed by atoms with E-state index in [0.717, 1.165) is 25.1 Å². The van der Waals surface area contributed by atoms with Crippen LogP contribution in [0.2, 0.25) is 5.15 Å². The van der Waals surface area contributed by atoms with Gasteiger partial charge in [-0.1, -0.05) is 11.6 Å². The van der Waals surface area contributed by atoms with Crippen LogP contribution in [0.15, 0.2) is 6.07 Å². The van der Waals surface area contributed by atoms with Gasteiger partial charge in [0.05, 0.1) is 5.54 Å². The molecule has 2 rings (SSSR count). The Balaban J connectivity index is 2.12. The zero-order valence-corrected chi connectivity index (χ0v) is 10.6. The number of anilines is 1. The fraction of sp³-hybridized carbons (Fsp3) is 0.545. The summed E-state index contributed by atoms with van der Waals surface area (Å²) in [4.78, 5) is 20.2. The van der Waals surface area contributed by atoms with Crippen molar-refractivity contribution < 1.29 is 4.79 Å². The van der Waals surface area contributed by atoms with Gasteiger partial charge in [-0.15, -0.1) is 0 Å². The van der Waals surface area contributed by atoms with Gasteiger partial charge in [0.15, 0.2) is 0 Å². The Labute approximate surface area is 105 Å². The number of aromatic nitrogens is 2. The third-order valence-corrected chi connectivity index (χ3v) is 3.11. The van der Waals surface area contributed by atoms with Crippen LogP contribution in [0.25, 0.3) is 0 Å². The lowest BCUT2D eigenvalue weighted by Gasteiger charge is -2.22. The maximum atomic E-state index is 12.1. The van der Waals surface area contributed by atoms with Crippen LogP contribution in [-0.4, -0.2) is 28.0 Å². The van der Waals surface area contributed by atoms with Crippen LogP contribution in [-0.2, 0) is 4.79 Å². The van der Waals surface area contributed by atoms with Gasteiger partial charge in [-0.25, -0.2) is 9.97 Å². The number of carbonyl (C=O) groups is 1. The minimum atomic E-state index is -0.528. The van der Waals surface area contributed by atoms with E-state index in [2.05, 4.69) is 20.6 Å². The minimum Gasteiger partial charge on any atom is -0.304 e. The Hall–Kier alpha value is -1.20. The van der Waals surface area contributed by atoms with E-state index in [0.29, 0.717) is 5.15 Å². The van der Waals surface area contributed by atoms with Crippen LogP contribution in [0.4, 0.5) is 5.95 Å². The number of carbonyl (C=O) groups excluding carboxylic acids is 1. The van der Waals surface area contributed by atoms with Crippen molar-refractivity contribution in [3.63, 3.8) is 0 Å². The van der Waals surface area contributed by atoms with Gasteiger partial charge in [0.25, 0.3) is 0 Å². The van der Waals surface area contributed by atoms with Gasteiger partial charge in [0.1, 0.15) is 5.15 Å². The lowest BCUT2D eigenvalue weighted by molar-refractivity contribution is -0.121. The minimum absolute atomic E-state index is 0.114. The van der Waals surface area contributed by atoms with E-state index in [1.54, 1.807) is 13.0 Å². The van der Waals surface area contributed by atoms with Crippen molar-refractivity contribution in [2.45, 2.75) is 32.2 Å². The number of halogens is 1. The van der Waals surface area contributed by atoms with Crippen molar-refractivity contribution in [3.8, 4) is 0 Å². The summed E-state index contributed by atoms with van der Waals surface area (Å²) in [5.41, 5.74) is 0.199. The summed E-state index contributed by atoms with van der Waals surface area (Å²) in [6, 6.07) is 1.65. The van der Waals surface area contributed by atoms with E-state index in [9.17, 15) is 4.79 Å². The maximum Gasteiger partial charge on any atom is 0.246 e. The first-order valence-electron chi connectivity index (χ1n) is 5.57. The molecule has 1 atom stereocenters. The molecule has 0 aromatic carbocycles. The van der Waals surface area contributed by atoms with Crippen molar-refractivity contribution in [2.24, 2.45) is 0 Å². The molecule has 1 aromatic rings. The van der Waals surface area contributed by atoms with Crippen molar-refractivity contribution >= 4 is 23.5 Å². The molecular weight excluding hydrogens is 240 g/mol. The second-order valence-electron chi connectivity index (χ2n) is 4.47. The molecule has 0 spiro atoms. The molecule has 1 aliphatic rings. The average Bonchev–Trinajstić information content (AvgIpc) is 2.64. The van der Waals surface area contributed by atoms with Crippen LogP contribution in [0.3, 0.4) is 0 Å². The molecular formula is C11H15ClN4O. The van der Waals surface area contributed by atoms with Gasteiger partial charge < -0.3 is 5.32 Å². The molecule has 0 radical (unpaired) electrons.